The Bertz CT molecular complexity index is 698. The van der Waals surface area contributed by atoms with Crippen molar-refractivity contribution in [3.63, 3.8) is 0 Å². The van der Waals surface area contributed by atoms with Crippen molar-refractivity contribution in [1.82, 2.24) is 4.90 Å². The first-order valence-corrected chi connectivity index (χ1v) is 8.77. The molecule has 0 bridgehead atoms. The van der Waals surface area contributed by atoms with Crippen LogP contribution in [0.2, 0.25) is 0 Å². The Morgan fingerprint density at radius 1 is 1.16 bits per heavy atom. The fourth-order valence-electron chi connectivity index (χ4n) is 3.41. The number of carbonyl (C=O) groups is 2. The van der Waals surface area contributed by atoms with Crippen LogP contribution in [0, 0.1) is 0 Å². The number of nitrogens with one attached hydrogen (secondary N) is 1. The molecule has 3 rings (SSSR count). The highest BCUT2D eigenvalue weighted by molar-refractivity contribution is 6.07. The standard InChI is InChI=1S/C19H27N3O3/c1-18(2,3)25-17(24)22-11-9-21(10-12-22)14-8-6-7-13-15(14)19(4,5)16(23)20-13/h6-8H,9-12H2,1-5H3,(H,20,23). The van der Waals surface area contributed by atoms with Crippen LogP contribution < -0.4 is 10.2 Å². The number of benzene rings is 1. The van der Waals surface area contributed by atoms with Gasteiger partial charge >= 0.3 is 6.09 Å². The van der Waals surface area contributed by atoms with E-state index in [1.54, 1.807) is 4.90 Å². The number of fused-ring (bicyclic) bond motifs is 1. The summed E-state index contributed by atoms with van der Waals surface area (Å²) in [5.41, 5.74) is 1.98. The van der Waals surface area contributed by atoms with Crippen molar-refractivity contribution in [2.75, 3.05) is 36.4 Å². The Morgan fingerprint density at radius 2 is 1.80 bits per heavy atom. The van der Waals surface area contributed by atoms with Gasteiger partial charge in [-0.05, 0) is 46.8 Å². The van der Waals surface area contributed by atoms with Crippen LogP contribution in [0.3, 0.4) is 0 Å². The molecule has 1 aromatic carbocycles. The first-order valence-electron chi connectivity index (χ1n) is 8.77. The number of rotatable bonds is 1. The maximum absolute atomic E-state index is 12.3. The van der Waals surface area contributed by atoms with E-state index in [9.17, 15) is 9.59 Å². The molecule has 2 heterocycles. The second-order valence-corrected chi connectivity index (χ2v) is 8.23. The molecule has 1 aromatic rings. The molecular formula is C19H27N3O3. The average molecular weight is 345 g/mol. The molecule has 6 nitrogen and oxygen atoms in total. The molecule has 2 aliphatic heterocycles. The smallest absolute Gasteiger partial charge is 0.410 e. The van der Waals surface area contributed by atoms with E-state index in [0.717, 1.165) is 30.0 Å². The molecule has 1 saturated heterocycles. The molecule has 0 unspecified atom stereocenters. The van der Waals surface area contributed by atoms with Gasteiger partial charge in [0.05, 0.1) is 5.41 Å². The molecule has 25 heavy (non-hydrogen) atoms. The quantitative estimate of drug-likeness (QED) is 0.850. The monoisotopic (exact) mass is 345 g/mol. The number of hydrogen-bond acceptors (Lipinski definition) is 4. The molecule has 6 heteroatoms. The average Bonchev–Trinajstić information content (AvgIpc) is 2.76. The van der Waals surface area contributed by atoms with Crippen molar-refractivity contribution < 1.29 is 14.3 Å². The minimum absolute atomic E-state index is 0.0299. The first kappa shape index (κ1) is 17.6. The summed E-state index contributed by atoms with van der Waals surface area (Å²) < 4.78 is 5.45. The van der Waals surface area contributed by atoms with Crippen LogP contribution in [-0.4, -0.2) is 48.7 Å². The minimum atomic E-state index is -0.547. The largest absolute Gasteiger partial charge is 0.444 e. The molecule has 0 atom stereocenters. The Balaban J connectivity index is 1.74. The summed E-state index contributed by atoms with van der Waals surface area (Å²) >= 11 is 0. The number of nitrogens with zero attached hydrogens (tertiary/aromatic N) is 2. The predicted molar refractivity (Wildman–Crippen MR) is 98.1 cm³/mol. The van der Waals surface area contributed by atoms with E-state index in [-0.39, 0.29) is 12.0 Å². The normalized spacial score (nSPS) is 19.5. The van der Waals surface area contributed by atoms with Crippen molar-refractivity contribution in [1.29, 1.82) is 0 Å². The molecule has 0 spiro atoms. The van der Waals surface area contributed by atoms with Crippen molar-refractivity contribution in [2.45, 2.75) is 45.6 Å². The molecule has 1 N–H and O–H groups in total. The van der Waals surface area contributed by atoms with Gasteiger partial charge in [-0.2, -0.15) is 0 Å². The van der Waals surface area contributed by atoms with Gasteiger partial charge in [0, 0.05) is 43.1 Å². The predicted octanol–water partition coefficient (Wildman–Crippen LogP) is 2.97. The Kier molecular flexibility index (Phi) is 4.17. The SMILES string of the molecule is CC(C)(C)OC(=O)N1CCN(c2cccc3c2C(C)(C)C(=O)N3)CC1. The Hall–Kier alpha value is -2.24. The van der Waals surface area contributed by atoms with Gasteiger partial charge < -0.3 is 19.9 Å². The van der Waals surface area contributed by atoms with Gasteiger partial charge in [0.15, 0.2) is 0 Å². The lowest BCUT2D eigenvalue weighted by Crippen LogP contribution is -2.50. The number of ether oxygens (including phenoxy) is 1. The minimum Gasteiger partial charge on any atom is -0.444 e. The highest BCUT2D eigenvalue weighted by Gasteiger charge is 2.41. The van der Waals surface area contributed by atoms with Crippen LogP contribution in [-0.2, 0) is 14.9 Å². The molecule has 2 aliphatic rings. The summed E-state index contributed by atoms with van der Waals surface area (Å²) in [4.78, 5) is 28.5. The third-order valence-corrected chi connectivity index (χ3v) is 4.76. The first-order chi connectivity index (χ1) is 11.6. The van der Waals surface area contributed by atoms with Crippen molar-refractivity contribution in [3.05, 3.63) is 23.8 Å². The van der Waals surface area contributed by atoms with Crippen LogP contribution >= 0.6 is 0 Å². The van der Waals surface area contributed by atoms with Crippen molar-refractivity contribution in [2.24, 2.45) is 0 Å². The lowest BCUT2D eigenvalue weighted by Gasteiger charge is -2.38. The number of anilines is 2. The molecular weight excluding hydrogens is 318 g/mol. The maximum atomic E-state index is 12.3. The van der Waals surface area contributed by atoms with Crippen LogP contribution in [0.4, 0.5) is 16.2 Å². The molecule has 136 valence electrons. The molecule has 2 amide bonds. The highest BCUT2D eigenvalue weighted by atomic mass is 16.6. The van der Waals surface area contributed by atoms with Crippen LogP contribution in [0.15, 0.2) is 18.2 Å². The molecule has 0 radical (unpaired) electrons. The van der Waals surface area contributed by atoms with Crippen LogP contribution in [0.25, 0.3) is 0 Å². The zero-order valence-corrected chi connectivity index (χ0v) is 15.7. The zero-order valence-electron chi connectivity index (χ0n) is 15.7. The maximum Gasteiger partial charge on any atom is 0.410 e. The third kappa shape index (κ3) is 3.30. The van der Waals surface area contributed by atoms with Gasteiger partial charge in [-0.1, -0.05) is 6.07 Å². The molecule has 0 saturated carbocycles. The summed E-state index contributed by atoms with van der Waals surface area (Å²) in [6.07, 6.45) is -0.261. The van der Waals surface area contributed by atoms with Gasteiger partial charge in [-0.15, -0.1) is 0 Å². The van der Waals surface area contributed by atoms with E-state index < -0.39 is 11.0 Å². The van der Waals surface area contributed by atoms with Crippen molar-refractivity contribution >= 4 is 23.4 Å². The summed E-state index contributed by atoms with van der Waals surface area (Å²) in [5, 5.41) is 2.97. The zero-order chi connectivity index (χ0) is 18.4. The Morgan fingerprint density at radius 3 is 2.40 bits per heavy atom. The molecule has 1 fully saturated rings. The summed E-state index contributed by atoms with van der Waals surface area (Å²) in [6.45, 7) is 12.2. The van der Waals surface area contributed by atoms with E-state index in [2.05, 4.69) is 16.3 Å². The van der Waals surface area contributed by atoms with Gasteiger partial charge in [0.2, 0.25) is 5.91 Å². The van der Waals surface area contributed by atoms with Crippen molar-refractivity contribution in [3.8, 4) is 0 Å². The third-order valence-electron chi connectivity index (χ3n) is 4.76. The van der Waals surface area contributed by atoms with Crippen LogP contribution in [0.1, 0.15) is 40.2 Å². The second kappa shape index (κ2) is 5.93. The van der Waals surface area contributed by atoms with Gasteiger partial charge in [0.25, 0.3) is 0 Å². The summed E-state index contributed by atoms with van der Waals surface area (Å²) in [5.74, 6) is 0.0299. The van der Waals surface area contributed by atoms with E-state index in [1.807, 2.05) is 46.8 Å². The Labute approximate surface area is 149 Å². The lowest BCUT2D eigenvalue weighted by atomic mass is 9.84. The number of hydrogen-bond donors (Lipinski definition) is 1. The number of amides is 2. The lowest BCUT2D eigenvalue weighted by molar-refractivity contribution is -0.119. The summed E-state index contributed by atoms with van der Waals surface area (Å²) in [7, 11) is 0. The second-order valence-electron chi connectivity index (χ2n) is 8.23. The fraction of sp³-hybridized carbons (Fsp3) is 0.579. The highest BCUT2D eigenvalue weighted by Crippen LogP contribution is 2.43. The molecule has 0 aliphatic carbocycles. The number of carbonyl (C=O) groups excluding carboxylic acids is 2. The van der Waals surface area contributed by atoms with E-state index in [4.69, 9.17) is 4.74 Å². The topological polar surface area (TPSA) is 61.9 Å². The summed E-state index contributed by atoms with van der Waals surface area (Å²) in [6, 6.07) is 5.97. The van der Waals surface area contributed by atoms with Gasteiger partial charge in [-0.25, -0.2) is 4.79 Å². The van der Waals surface area contributed by atoms with E-state index >= 15 is 0 Å². The van der Waals surface area contributed by atoms with Crippen LogP contribution in [0.5, 0.6) is 0 Å². The molecule has 0 aromatic heterocycles. The number of piperazine rings is 1. The fourth-order valence-corrected chi connectivity index (χ4v) is 3.41. The van der Waals surface area contributed by atoms with Gasteiger partial charge in [-0.3, -0.25) is 4.79 Å². The van der Waals surface area contributed by atoms with E-state index in [0.29, 0.717) is 13.1 Å². The van der Waals surface area contributed by atoms with E-state index in [1.165, 1.54) is 0 Å². The van der Waals surface area contributed by atoms with Gasteiger partial charge in [0.1, 0.15) is 5.60 Å².